The quantitative estimate of drug-likeness (QED) is 0.586. The molecule has 2 amide bonds. The van der Waals surface area contributed by atoms with Gasteiger partial charge in [0.1, 0.15) is 11.8 Å². The predicted molar refractivity (Wildman–Crippen MR) is 91.4 cm³/mol. The maximum Gasteiger partial charge on any atom is 0.326 e. The fourth-order valence-electron chi connectivity index (χ4n) is 2.71. The molecule has 25 heavy (non-hydrogen) atoms. The summed E-state index contributed by atoms with van der Waals surface area (Å²) in [5, 5.41) is 14.5. The first kappa shape index (κ1) is 18.8. The third-order valence-corrected chi connectivity index (χ3v) is 4.40. The number of nitrogens with one attached hydrogen (secondary N) is 2. The molecule has 3 N–H and O–H groups in total. The number of benzene rings is 1. The van der Waals surface area contributed by atoms with Gasteiger partial charge < -0.3 is 20.5 Å². The fraction of sp³-hybridized carbons (Fsp3) is 0.500. The van der Waals surface area contributed by atoms with E-state index in [0.717, 1.165) is 6.42 Å². The molecule has 1 fully saturated rings. The van der Waals surface area contributed by atoms with Gasteiger partial charge in [-0.3, -0.25) is 9.59 Å². The minimum Gasteiger partial charge on any atom is -0.497 e. The first-order chi connectivity index (χ1) is 11.9. The van der Waals surface area contributed by atoms with Crippen LogP contribution in [0.4, 0.5) is 0 Å². The Balaban J connectivity index is 1.68. The molecule has 1 aromatic carbocycles. The summed E-state index contributed by atoms with van der Waals surface area (Å²) in [6.07, 6.45) is 1.45. The van der Waals surface area contributed by atoms with Gasteiger partial charge in [-0.25, -0.2) is 4.79 Å². The van der Waals surface area contributed by atoms with Crippen molar-refractivity contribution in [2.24, 2.45) is 11.8 Å². The smallest absolute Gasteiger partial charge is 0.326 e. The van der Waals surface area contributed by atoms with Crippen molar-refractivity contribution in [3.05, 3.63) is 29.8 Å². The van der Waals surface area contributed by atoms with E-state index in [4.69, 9.17) is 4.74 Å². The Kier molecular flexibility index (Phi) is 6.38. The van der Waals surface area contributed by atoms with Gasteiger partial charge in [-0.15, -0.1) is 0 Å². The summed E-state index contributed by atoms with van der Waals surface area (Å²) in [7, 11) is 1.55. The van der Waals surface area contributed by atoms with Crippen LogP contribution in [0.3, 0.4) is 0 Å². The van der Waals surface area contributed by atoms with Gasteiger partial charge in [0.05, 0.1) is 7.11 Å². The van der Waals surface area contributed by atoms with Gasteiger partial charge in [0, 0.05) is 18.5 Å². The van der Waals surface area contributed by atoms with Crippen LogP contribution >= 0.6 is 0 Å². The lowest BCUT2D eigenvalue weighted by atomic mass is 10.1. The highest BCUT2D eigenvalue weighted by Crippen LogP contribution is 2.40. The first-order valence-electron chi connectivity index (χ1n) is 8.36. The summed E-state index contributed by atoms with van der Waals surface area (Å²) < 4.78 is 5.03. The summed E-state index contributed by atoms with van der Waals surface area (Å²) in [6.45, 7) is 2.32. The van der Waals surface area contributed by atoms with Gasteiger partial charge in [-0.2, -0.15) is 0 Å². The number of hydrogen-bond acceptors (Lipinski definition) is 4. The average Bonchev–Trinajstić information content (AvgIpc) is 3.32. The molecule has 136 valence electrons. The van der Waals surface area contributed by atoms with Crippen LogP contribution in [0.15, 0.2) is 24.3 Å². The molecule has 0 aromatic heterocycles. The number of methoxy groups -OCH3 is 1. The Morgan fingerprint density at radius 1 is 1.28 bits per heavy atom. The molecule has 0 bridgehead atoms. The molecule has 0 heterocycles. The summed E-state index contributed by atoms with van der Waals surface area (Å²) >= 11 is 0. The van der Waals surface area contributed by atoms with E-state index in [1.54, 1.807) is 31.4 Å². The minimum atomic E-state index is -0.990. The SMILES string of the molecule is COc1ccc(C(=O)NCCCC(=O)NC(C(=O)O)C2CC2C)cc1. The number of hydrogen-bond donors (Lipinski definition) is 3. The van der Waals surface area contributed by atoms with Crippen LogP contribution in [0.25, 0.3) is 0 Å². The molecule has 1 saturated carbocycles. The second-order valence-corrected chi connectivity index (χ2v) is 6.35. The van der Waals surface area contributed by atoms with Crippen molar-refractivity contribution < 1.29 is 24.2 Å². The predicted octanol–water partition coefficient (Wildman–Crippen LogP) is 1.43. The molecule has 7 heteroatoms. The number of carboxylic acid groups (broad SMARTS) is 1. The van der Waals surface area contributed by atoms with E-state index >= 15 is 0 Å². The maximum absolute atomic E-state index is 12.0. The Labute approximate surface area is 146 Å². The second-order valence-electron chi connectivity index (χ2n) is 6.35. The van der Waals surface area contributed by atoms with Crippen molar-refractivity contribution in [2.75, 3.05) is 13.7 Å². The highest BCUT2D eigenvalue weighted by molar-refractivity contribution is 5.94. The van der Waals surface area contributed by atoms with E-state index in [1.807, 2.05) is 6.92 Å². The van der Waals surface area contributed by atoms with Crippen LogP contribution < -0.4 is 15.4 Å². The number of aliphatic carboxylic acids is 1. The van der Waals surface area contributed by atoms with Gasteiger partial charge in [-0.05, 0) is 48.9 Å². The Hall–Kier alpha value is -2.57. The van der Waals surface area contributed by atoms with E-state index in [1.165, 1.54) is 0 Å². The van der Waals surface area contributed by atoms with E-state index in [0.29, 0.717) is 30.2 Å². The van der Waals surface area contributed by atoms with Crippen LogP contribution in [-0.2, 0) is 9.59 Å². The number of ether oxygens (including phenoxy) is 1. The molecule has 3 atom stereocenters. The van der Waals surface area contributed by atoms with Crippen molar-refractivity contribution >= 4 is 17.8 Å². The van der Waals surface area contributed by atoms with Crippen molar-refractivity contribution in [3.8, 4) is 5.75 Å². The lowest BCUT2D eigenvalue weighted by molar-refractivity contribution is -0.142. The molecule has 2 rings (SSSR count). The number of amides is 2. The van der Waals surface area contributed by atoms with E-state index in [-0.39, 0.29) is 24.2 Å². The number of carboxylic acids is 1. The van der Waals surface area contributed by atoms with Gasteiger partial charge in [0.25, 0.3) is 5.91 Å². The monoisotopic (exact) mass is 348 g/mol. The van der Waals surface area contributed by atoms with Crippen molar-refractivity contribution in [1.82, 2.24) is 10.6 Å². The van der Waals surface area contributed by atoms with Gasteiger partial charge in [0.15, 0.2) is 0 Å². The standard InChI is InChI=1S/C18H24N2O5/c1-11-10-14(11)16(18(23)24)20-15(21)4-3-9-19-17(22)12-5-7-13(25-2)8-6-12/h5-8,11,14,16H,3-4,9-10H2,1-2H3,(H,19,22)(H,20,21)(H,23,24). The number of carbonyl (C=O) groups excluding carboxylic acids is 2. The molecule has 0 radical (unpaired) electrons. The average molecular weight is 348 g/mol. The molecule has 3 unspecified atom stereocenters. The zero-order valence-electron chi connectivity index (χ0n) is 14.5. The van der Waals surface area contributed by atoms with Crippen LogP contribution in [0.1, 0.15) is 36.5 Å². The first-order valence-corrected chi connectivity index (χ1v) is 8.36. The molecule has 1 aliphatic carbocycles. The number of carbonyl (C=O) groups is 3. The third kappa shape index (κ3) is 5.48. The lowest BCUT2D eigenvalue weighted by Crippen LogP contribution is -2.42. The Morgan fingerprint density at radius 2 is 1.92 bits per heavy atom. The van der Waals surface area contributed by atoms with Crippen LogP contribution in [0.5, 0.6) is 5.75 Å². The van der Waals surface area contributed by atoms with Crippen LogP contribution in [0, 0.1) is 11.8 Å². The molecule has 1 aromatic rings. The molecule has 7 nitrogen and oxygen atoms in total. The van der Waals surface area contributed by atoms with Crippen molar-refractivity contribution in [1.29, 1.82) is 0 Å². The Bertz CT molecular complexity index is 629. The molecule has 0 saturated heterocycles. The van der Waals surface area contributed by atoms with Crippen molar-refractivity contribution in [3.63, 3.8) is 0 Å². The normalized spacial score (nSPS) is 19.6. The van der Waals surface area contributed by atoms with Gasteiger partial charge >= 0.3 is 5.97 Å². The van der Waals surface area contributed by atoms with Gasteiger partial charge in [-0.1, -0.05) is 6.92 Å². The topological polar surface area (TPSA) is 105 Å². The van der Waals surface area contributed by atoms with E-state index < -0.39 is 12.0 Å². The van der Waals surface area contributed by atoms with Crippen molar-refractivity contribution in [2.45, 2.75) is 32.2 Å². The number of rotatable bonds is 9. The summed E-state index contributed by atoms with van der Waals surface area (Å²) in [5.41, 5.74) is 0.513. The largest absolute Gasteiger partial charge is 0.497 e. The zero-order valence-corrected chi connectivity index (χ0v) is 14.5. The highest BCUT2D eigenvalue weighted by atomic mass is 16.5. The molecule has 1 aliphatic rings. The van der Waals surface area contributed by atoms with Gasteiger partial charge in [0.2, 0.25) is 5.91 Å². The van der Waals surface area contributed by atoms with Crippen LogP contribution in [0.2, 0.25) is 0 Å². The molecular formula is C18H24N2O5. The molecule has 0 aliphatic heterocycles. The molecule has 0 spiro atoms. The minimum absolute atomic E-state index is 0.0243. The Morgan fingerprint density at radius 3 is 2.44 bits per heavy atom. The summed E-state index contributed by atoms with van der Waals surface area (Å²) in [5.74, 6) is -0.480. The summed E-state index contributed by atoms with van der Waals surface area (Å²) in [4.78, 5) is 35.0. The summed E-state index contributed by atoms with van der Waals surface area (Å²) in [6, 6.07) is 5.92. The fourth-order valence-corrected chi connectivity index (χ4v) is 2.71. The molecular weight excluding hydrogens is 324 g/mol. The van der Waals surface area contributed by atoms with E-state index in [2.05, 4.69) is 10.6 Å². The highest BCUT2D eigenvalue weighted by Gasteiger charge is 2.43. The lowest BCUT2D eigenvalue weighted by Gasteiger charge is -2.14. The maximum atomic E-state index is 12.0. The van der Waals surface area contributed by atoms with Crippen LogP contribution in [-0.4, -0.2) is 42.6 Å². The second kappa shape index (κ2) is 8.50. The zero-order chi connectivity index (χ0) is 18.4. The van der Waals surface area contributed by atoms with E-state index in [9.17, 15) is 19.5 Å². The third-order valence-electron chi connectivity index (χ3n) is 4.40.